The summed E-state index contributed by atoms with van der Waals surface area (Å²) in [6.07, 6.45) is 5.98. The average molecular weight is 395 g/mol. The lowest BCUT2D eigenvalue weighted by atomic mass is 9.79. The minimum absolute atomic E-state index is 0.156. The average Bonchev–Trinajstić information content (AvgIpc) is 2.75. The highest BCUT2D eigenvalue weighted by Crippen LogP contribution is 2.31. The summed E-state index contributed by atoms with van der Waals surface area (Å²) >= 11 is 0. The van der Waals surface area contributed by atoms with Crippen molar-refractivity contribution in [2.75, 3.05) is 52.9 Å². The molecule has 6 nitrogen and oxygen atoms in total. The monoisotopic (exact) mass is 394 g/mol. The van der Waals surface area contributed by atoms with Gasteiger partial charge in [0, 0.05) is 57.6 Å². The molecule has 0 bridgehead atoms. The van der Waals surface area contributed by atoms with Crippen molar-refractivity contribution in [2.45, 2.75) is 59.3 Å². The molecular formula is C22H42N4O2. The molecule has 1 aliphatic carbocycles. The summed E-state index contributed by atoms with van der Waals surface area (Å²) < 4.78 is 0. The molecule has 1 N–H and O–H groups in total. The fraction of sp³-hybridized carbons (Fsp3) is 0.909. The van der Waals surface area contributed by atoms with E-state index in [0.717, 1.165) is 77.9 Å². The van der Waals surface area contributed by atoms with Crippen LogP contribution in [-0.4, -0.2) is 79.4 Å². The SMILES string of the molecule is CC.CNN1CCN(CC2CCCN(C(=O)C3CCC(C(C)=O)CC3)C2)CC1. The molecule has 2 heterocycles. The van der Waals surface area contributed by atoms with Crippen LogP contribution in [0.5, 0.6) is 0 Å². The lowest BCUT2D eigenvalue weighted by Crippen LogP contribution is -2.53. The van der Waals surface area contributed by atoms with Crippen molar-refractivity contribution in [2.24, 2.45) is 17.8 Å². The van der Waals surface area contributed by atoms with Gasteiger partial charge < -0.3 is 9.80 Å². The number of Topliss-reactive ketones (excluding diaryl/α,β-unsaturated/α-hetero) is 1. The van der Waals surface area contributed by atoms with Crippen molar-refractivity contribution in [3.8, 4) is 0 Å². The van der Waals surface area contributed by atoms with E-state index >= 15 is 0 Å². The zero-order valence-electron chi connectivity index (χ0n) is 18.6. The van der Waals surface area contributed by atoms with Gasteiger partial charge in [0.05, 0.1) is 0 Å². The number of carbonyl (C=O) groups excluding carboxylic acids is 2. The van der Waals surface area contributed by atoms with Gasteiger partial charge in [-0.1, -0.05) is 13.8 Å². The molecule has 1 saturated carbocycles. The normalized spacial score (nSPS) is 29.7. The van der Waals surface area contributed by atoms with Gasteiger partial charge in [-0.15, -0.1) is 0 Å². The van der Waals surface area contributed by atoms with Crippen LogP contribution in [0, 0.1) is 17.8 Å². The van der Waals surface area contributed by atoms with Gasteiger partial charge in [0.25, 0.3) is 0 Å². The molecule has 2 aliphatic heterocycles. The van der Waals surface area contributed by atoms with E-state index in [1.54, 1.807) is 6.92 Å². The minimum Gasteiger partial charge on any atom is -0.342 e. The number of piperidine rings is 1. The van der Waals surface area contributed by atoms with Crippen LogP contribution < -0.4 is 5.43 Å². The molecular weight excluding hydrogens is 352 g/mol. The Morgan fingerprint density at radius 3 is 2.07 bits per heavy atom. The largest absolute Gasteiger partial charge is 0.342 e. The van der Waals surface area contributed by atoms with Crippen LogP contribution in [0.15, 0.2) is 0 Å². The number of likely N-dealkylation sites (tertiary alicyclic amines) is 1. The zero-order chi connectivity index (χ0) is 20.5. The first-order chi connectivity index (χ1) is 13.6. The third kappa shape index (κ3) is 6.53. The van der Waals surface area contributed by atoms with Gasteiger partial charge in [-0.3, -0.25) is 15.0 Å². The number of piperazine rings is 1. The number of hydrogen-bond acceptors (Lipinski definition) is 5. The van der Waals surface area contributed by atoms with Gasteiger partial charge in [-0.05, 0) is 58.4 Å². The lowest BCUT2D eigenvalue weighted by Gasteiger charge is -2.40. The van der Waals surface area contributed by atoms with E-state index < -0.39 is 0 Å². The highest BCUT2D eigenvalue weighted by molar-refractivity contribution is 5.81. The Hall–Kier alpha value is -0.980. The van der Waals surface area contributed by atoms with E-state index in [9.17, 15) is 9.59 Å². The molecule has 28 heavy (non-hydrogen) atoms. The van der Waals surface area contributed by atoms with Gasteiger partial charge in [0.2, 0.25) is 5.91 Å². The molecule has 162 valence electrons. The number of hydrogen-bond donors (Lipinski definition) is 1. The van der Waals surface area contributed by atoms with E-state index in [0.29, 0.717) is 17.6 Å². The predicted molar refractivity (Wildman–Crippen MR) is 114 cm³/mol. The van der Waals surface area contributed by atoms with E-state index in [1.165, 1.54) is 6.42 Å². The molecule has 2 saturated heterocycles. The summed E-state index contributed by atoms with van der Waals surface area (Å²) in [7, 11) is 1.99. The second-order valence-electron chi connectivity index (χ2n) is 8.46. The van der Waals surface area contributed by atoms with Crippen molar-refractivity contribution in [3.63, 3.8) is 0 Å². The van der Waals surface area contributed by atoms with Crippen molar-refractivity contribution >= 4 is 11.7 Å². The second-order valence-corrected chi connectivity index (χ2v) is 8.46. The van der Waals surface area contributed by atoms with Crippen LogP contribution in [0.2, 0.25) is 0 Å². The Bertz CT molecular complexity index is 483. The van der Waals surface area contributed by atoms with Crippen LogP contribution >= 0.6 is 0 Å². The molecule has 0 aromatic carbocycles. The van der Waals surface area contributed by atoms with Crippen molar-refractivity contribution in [1.29, 1.82) is 0 Å². The maximum absolute atomic E-state index is 13.0. The number of nitrogens with zero attached hydrogens (tertiary/aromatic N) is 3. The summed E-state index contributed by atoms with van der Waals surface area (Å²) in [4.78, 5) is 29.2. The number of rotatable bonds is 5. The summed E-state index contributed by atoms with van der Waals surface area (Å²) in [6, 6.07) is 0. The number of nitrogens with one attached hydrogen (secondary N) is 1. The Morgan fingerprint density at radius 1 is 0.893 bits per heavy atom. The summed E-state index contributed by atoms with van der Waals surface area (Å²) in [5.74, 6) is 1.62. The first-order valence-electron chi connectivity index (χ1n) is 11.5. The molecule has 3 rings (SSSR count). The van der Waals surface area contributed by atoms with Crippen molar-refractivity contribution in [3.05, 3.63) is 0 Å². The fourth-order valence-electron chi connectivity index (χ4n) is 4.94. The van der Waals surface area contributed by atoms with E-state index in [4.69, 9.17) is 0 Å². The van der Waals surface area contributed by atoms with E-state index in [-0.39, 0.29) is 11.8 Å². The third-order valence-corrected chi connectivity index (χ3v) is 6.69. The number of carbonyl (C=O) groups is 2. The maximum Gasteiger partial charge on any atom is 0.225 e. The summed E-state index contributed by atoms with van der Waals surface area (Å²) in [6.45, 7) is 13.0. The molecule has 6 heteroatoms. The third-order valence-electron chi connectivity index (χ3n) is 6.69. The zero-order valence-corrected chi connectivity index (χ0v) is 18.6. The molecule has 1 atom stereocenters. The van der Waals surface area contributed by atoms with Crippen LogP contribution in [0.3, 0.4) is 0 Å². The number of ketones is 1. The topological polar surface area (TPSA) is 55.9 Å². The number of hydrazine groups is 1. The van der Waals surface area contributed by atoms with Crippen molar-refractivity contribution < 1.29 is 9.59 Å². The fourth-order valence-corrected chi connectivity index (χ4v) is 4.94. The van der Waals surface area contributed by atoms with Crippen LogP contribution in [0.1, 0.15) is 59.3 Å². The van der Waals surface area contributed by atoms with E-state index in [2.05, 4.69) is 20.2 Å². The smallest absolute Gasteiger partial charge is 0.225 e. The molecule has 3 fully saturated rings. The van der Waals surface area contributed by atoms with Crippen LogP contribution in [-0.2, 0) is 9.59 Å². The number of amides is 1. The Morgan fingerprint density at radius 2 is 1.50 bits per heavy atom. The molecule has 1 amide bonds. The van der Waals surface area contributed by atoms with Crippen LogP contribution in [0.4, 0.5) is 0 Å². The standard InChI is InChI=1S/C20H36N4O2.C2H6/c1-16(25)18-5-7-19(8-6-18)20(26)23-9-3-4-17(15-23)14-22-10-12-24(21-2)13-11-22;1-2/h17-19,21H,3-15H2,1-2H3;1-2H3. The maximum atomic E-state index is 13.0. The summed E-state index contributed by atoms with van der Waals surface area (Å²) in [5, 5.41) is 2.27. The molecule has 1 unspecified atom stereocenters. The van der Waals surface area contributed by atoms with Crippen LogP contribution in [0.25, 0.3) is 0 Å². The van der Waals surface area contributed by atoms with E-state index in [1.807, 2.05) is 20.9 Å². The second kappa shape index (κ2) is 11.9. The molecule has 0 spiro atoms. The minimum atomic E-state index is 0.156. The van der Waals surface area contributed by atoms with Gasteiger partial charge in [0.1, 0.15) is 5.78 Å². The molecule has 0 aromatic heterocycles. The van der Waals surface area contributed by atoms with Crippen molar-refractivity contribution in [1.82, 2.24) is 20.2 Å². The first kappa shape index (κ1) is 23.3. The summed E-state index contributed by atoms with van der Waals surface area (Å²) in [5.41, 5.74) is 3.23. The van der Waals surface area contributed by atoms with Gasteiger partial charge in [-0.25, -0.2) is 5.01 Å². The lowest BCUT2D eigenvalue weighted by molar-refractivity contribution is -0.139. The van der Waals surface area contributed by atoms with Gasteiger partial charge in [0.15, 0.2) is 0 Å². The highest BCUT2D eigenvalue weighted by atomic mass is 16.2. The Labute approximate surface area is 172 Å². The highest BCUT2D eigenvalue weighted by Gasteiger charge is 2.33. The molecule has 0 aromatic rings. The predicted octanol–water partition coefficient (Wildman–Crippen LogP) is 2.40. The molecule has 3 aliphatic rings. The van der Waals surface area contributed by atoms with Gasteiger partial charge >= 0.3 is 0 Å². The van der Waals surface area contributed by atoms with Gasteiger partial charge in [-0.2, -0.15) is 0 Å². The molecule has 0 radical (unpaired) electrons. The Balaban J connectivity index is 0.00000136. The Kier molecular flexibility index (Phi) is 9.89. The first-order valence-corrected chi connectivity index (χ1v) is 11.5. The quantitative estimate of drug-likeness (QED) is 0.776.